The number of likely N-dealkylation sites (tertiary alicyclic amines) is 1. The van der Waals surface area contributed by atoms with Gasteiger partial charge in [-0.05, 0) is 37.1 Å². The Morgan fingerprint density at radius 3 is 2.56 bits per heavy atom. The molecular weight excluding hydrogens is 366 g/mol. The molecule has 0 unspecified atom stereocenters. The molecule has 1 aliphatic rings. The van der Waals surface area contributed by atoms with E-state index in [9.17, 15) is 9.59 Å². The van der Waals surface area contributed by atoms with Gasteiger partial charge in [-0.3, -0.25) is 9.59 Å². The van der Waals surface area contributed by atoms with Crippen molar-refractivity contribution in [3.63, 3.8) is 0 Å². The summed E-state index contributed by atoms with van der Waals surface area (Å²) in [6.07, 6.45) is 1.25. The standard InChI is InChI=1S/C21H22ClNO4/c1-26-21(25)15-9-11-23(12-10-15)20(24)16-6-4-7-18(13-16)27-14-17-5-2-3-8-19(17)22/h2-8,13,15H,9-12,14H2,1H3. The maximum atomic E-state index is 12.8. The van der Waals surface area contributed by atoms with Crippen molar-refractivity contribution >= 4 is 23.5 Å². The molecule has 1 aliphatic heterocycles. The van der Waals surface area contributed by atoms with Crippen LogP contribution in [0, 0.1) is 5.92 Å². The molecule has 0 N–H and O–H groups in total. The fraction of sp³-hybridized carbons (Fsp3) is 0.333. The van der Waals surface area contributed by atoms with Gasteiger partial charge >= 0.3 is 5.97 Å². The SMILES string of the molecule is COC(=O)C1CCN(C(=O)c2cccc(OCc3ccccc3Cl)c2)CC1. The molecule has 1 amide bonds. The van der Waals surface area contributed by atoms with E-state index < -0.39 is 0 Å². The van der Waals surface area contributed by atoms with Gasteiger partial charge < -0.3 is 14.4 Å². The van der Waals surface area contributed by atoms with Crippen molar-refractivity contribution in [2.45, 2.75) is 19.4 Å². The summed E-state index contributed by atoms with van der Waals surface area (Å²) in [6.45, 7) is 1.43. The number of carbonyl (C=O) groups is 2. The quantitative estimate of drug-likeness (QED) is 0.729. The summed E-state index contributed by atoms with van der Waals surface area (Å²) in [5, 5.41) is 0.651. The largest absolute Gasteiger partial charge is 0.489 e. The Bertz CT molecular complexity index is 815. The number of hydrogen-bond acceptors (Lipinski definition) is 4. The lowest BCUT2D eigenvalue weighted by atomic mass is 9.96. The molecule has 142 valence electrons. The predicted molar refractivity (Wildman–Crippen MR) is 103 cm³/mol. The van der Waals surface area contributed by atoms with Crippen LogP contribution in [0.2, 0.25) is 5.02 Å². The van der Waals surface area contributed by atoms with E-state index in [-0.39, 0.29) is 17.8 Å². The molecule has 0 saturated carbocycles. The maximum Gasteiger partial charge on any atom is 0.308 e. The van der Waals surface area contributed by atoms with Gasteiger partial charge in [0, 0.05) is 29.2 Å². The lowest BCUT2D eigenvalue weighted by Gasteiger charge is -2.30. The van der Waals surface area contributed by atoms with E-state index in [0.29, 0.717) is 48.9 Å². The van der Waals surface area contributed by atoms with Crippen LogP contribution < -0.4 is 4.74 Å². The van der Waals surface area contributed by atoms with Crippen LogP contribution >= 0.6 is 11.6 Å². The normalized spacial score (nSPS) is 14.7. The first-order valence-electron chi connectivity index (χ1n) is 8.92. The highest BCUT2D eigenvalue weighted by molar-refractivity contribution is 6.31. The second kappa shape index (κ2) is 8.91. The monoisotopic (exact) mass is 387 g/mol. The summed E-state index contributed by atoms with van der Waals surface area (Å²) in [5.41, 5.74) is 1.46. The highest BCUT2D eigenvalue weighted by Crippen LogP contribution is 2.23. The molecule has 5 nitrogen and oxygen atoms in total. The Balaban J connectivity index is 1.61. The first-order chi connectivity index (χ1) is 13.1. The molecule has 1 heterocycles. The van der Waals surface area contributed by atoms with Crippen LogP contribution in [0.1, 0.15) is 28.8 Å². The van der Waals surface area contributed by atoms with Crippen molar-refractivity contribution in [3.8, 4) is 5.75 Å². The van der Waals surface area contributed by atoms with Gasteiger partial charge in [0.2, 0.25) is 0 Å². The first kappa shape index (κ1) is 19.2. The summed E-state index contributed by atoms with van der Waals surface area (Å²) >= 11 is 6.14. The van der Waals surface area contributed by atoms with Gasteiger partial charge in [0.15, 0.2) is 0 Å². The predicted octanol–water partition coefficient (Wildman–Crippen LogP) is 3.94. The van der Waals surface area contributed by atoms with E-state index in [0.717, 1.165) is 5.56 Å². The van der Waals surface area contributed by atoms with E-state index >= 15 is 0 Å². The Morgan fingerprint density at radius 2 is 1.85 bits per heavy atom. The summed E-state index contributed by atoms with van der Waals surface area (Å²) in [4.78, 5) is 26.1. The van der Waals surface area contributed by atoms with Crippen LogP contribution in [0.25, 0.3) is 0 Å². The number of halogens is 1. The minimum Gasteiger partial charge on any atom is -0.489 e. The van der Waals surface area contributed by atoms with Crippen molar-refractivity contribution in [1.29, 1.82) is 0 Å². The van der Waals surface area contributed by atoms with Gasteiger partial charge in [0.1, 0.15) is 12.4 Å². The molecule has 1 saturated heterocycles. The van der Waals surface area contributed by atoms with Crippen molar-refractivity contribution in [2.24, 2.45) is 5.92 Å². The molecule has 0 aliphatic carbocycles. The van der Waals surface area contributed by atoms with Crippen molar-refractivity contribution in [3.05, 3.63) is 64.7 Å². The topological polar surface area (TPSA) is 55.8 Å². The Kier molecular flexibility index (Phi) is 6.35. The van der Waals surface area contributed by atoms with Crippen molar-refractivity contribution in [1.82, 2.24) is 4.90 Å². The van der Waals surface area contributed by atoms with E-state index in [4.69, 9.17) is 21.1 Å². The number of hydrogen-bond donors (Lipinski definition) is 0. The lowest BCUT2D eigenvalue weighted by molar-refractivity contribution is -0.146. The summed E-state index contributed by atoms with van der Waals surface area (Å²) in [5.74, 6) is 0.244. The average Bonchev–Trinajstić information content (AvgIpc) is 2.72. The number of amides is 1. The van der Waals surface area contributed by atoms with Crippen LogP contribution in [-0.2, 0) is 16.1 Å². The van der Waals surface area contributed by atoms with Crippen LogP contribution in [0.5, 0.6) is 5.75 Å². The minimum absolute atomic E-state index is 0.0542. The first-order valence-corrected chi connectivity index (χ1v) is 9.29. The van der Waals surface area contributed by atoms with Gasteiger partial charge in [-0.15, -0.1) is 0 Å². The minimum atomic E-state index is -0.197. The average molecular weight is 388 g/mol. The second-order valence-corrected chi connectivity index (χ2v) is 6.90. The summed E-state index contributed by atoms with van der Waals surface area (Å²) < 4.78 is 10.6. The molecule has 1 fully saturated rings. The highest BCUT2D eigenvalue weighted by Gasteiger charge is 2.28. The fourth-order valence-corrected chi connectivity index (χ4v) is 3.35. The van der Waals surface area contributed by atoms with Crippen LogP contribution in [-0.4, -0.2) is 37.0 Å². The Hall–Kier alpha value is -2.53. The van der Waals surface area contributed by atoms with Crippen LogP contribution in [0.4, 0.5) is 0 Å². The third kappa shape index (κ3) is 4.80. The van der Waals surface area contributed by atoms with Gasteiger partial charge in [0.05, 0.1) is 13.0 Å². The van der Waals surface area contributed by atoms with Crippen molar-refractivity contribution < 1.29 is 19.1 Å². The Morgan fingerprint density at radius 1 is 1.11 bits per heavy atom. The number of piperidine rings is 1. The van der Waals surface area contributed by atoms with Crippen LogP contribution in [0.3, 0.4) is 0 Å². The number of methoxy groups -OCH3 is 1. The molecule has 0 spiro atoms. The second-order valence-electron chi connectivity index (χ2n) is 6.50. The molecule has 3 rings (SSSR count). The summed E-state index contributed by atoms with van der Waals surface area (Å²) in [6, 6.07) is 14.6. The molecule has 2 aromatic carbocycles. The van der Waals surface area contributed by atoms with Gasteiger partial charge in [-0.1, -0.05) is 35.9 Å². The van der Waals surface area contributed by atoms with E-state index in [1.165, 1.54) is 7.11 Å². The number of ether oxygens (including phenoxy) is 2. The zero-order valence-corrected chi connectivity index (χ0v) is 15.9. The van der Waals surface area contributed by atoms with Crippen LogP contribution in [0.15, 0.2) is 48.5 Å². The van der Waals surface area contributed by atoms with Crippen molar-refractivity contribution in [2.75, 3.05) is 20.2 Å². The molecule has 0 aromatic heterocycles. The molecule has 27 heavy (non-hydrogen) atoms. The number of carbonyl (C=O) groups excluding carboxylic acids is 2. The molecule has 0 bridgehead atoms. The Labute approximate surface area is 163 Å². The fourth-order valence-electron chi connectivity index (χ4n) is 3.16. The van der Waals surface area contributed by atoms with E-state index in [1.807, 2.05) is 30.3 Å². The molecule has 6 heteroatoms. The van der Waals surface area contributed by atoms with Gasteiger partial charge in [-0.25, -0.2) is 0 Å². The number of esters is 1. The van der Waals surface area contributed by atoms with Gasteiger partial charge in [0.25, 0.3) is 5.91 Å². The molecule has 2 aromatic rings. The number of nitrogens with zero attached hydrogens (tertiary/aromatic N) is 1. The zero-order valence-electron chi connectivity index (χ0n) is 15.2. The smallest absolute Gasteiger partial charge is 0.308 e. The number of rotatable bonds is 5. The molecule has 0 radical (unpaired) electrons. The number of benzene rings is 2. The highest BCUT2D eigenvalue weighted by atomic mass is 35.5. The van der Waals surface area contributed by atoms with Gasteiger partial charge in [-0.2, -0.15) is 0 Å². The van der Waals surface area contributed by atoms with E-state index in [2.05, 4.69) is 0 Å². The third-order valence-corrected chi connectivity index (χ3v) is 5.12. The molecular formula is C21H22ClNO4. The molecule has 0 atom stereocenters. The zero-order chi connectivity index (χ0) is 19.2. The summed E-state index contributed by atoms with van der Waals surface area (Å²) in [7, 11) is 1.40. The third-order valence-electron chi connectivity index (χ3n) is 4.75. The van der Waals surface area contributed by atoms with E-state index in [1.54, 1.807) is 23.1 Å². The maximum absolute atomic E-state index is 12.8. The lowest BCUT2D eigenvalue weighted by Crippen LogP contribution is -2.40.